The van der Waals surface area contributed by atoms with Crippen LogP contribution in [0.3, 0.4) is 0 Å². The van der Waals surface area contributed by atoms with Crippen LogP contribution in [0.2, 0.25) is 0 Å². The molecule has 0 fully saturated rings. The minimum atomic E-state index is -0.0750. The predicted molar refractivity (Wildman–Crippen MR) is 78.4 cm³/mol. The molecule has 0 saturated heterocycles. The van der Waals surface area contributed by atoms with Gasteiger partial charge in [-0.3, -0.25) is 9.78 Å². The number of rotatable bonds is 6. The van der Waals surface area contributed by atoms with E-state index in [4.69, 9.17) is 5.11 Å². The number of pyridine rings is 1. The molecule has 1 amide bonds. The monoisotopic (exact) mass is 291 g/mol. The van der Waals surface area contributed by atoms with Crippen molar-refractivity contribution in [2.75, 3.05) is 6.61 Å². The predicted octanol–water partition coefficient (Wildman–Crippen LogP) is 1.63. The molecule has 1 atom stereocenters. The van der Waals surface area contributed by atoms with Gasteiger partial charge in [-0.05, 0) is 25.5 Å². The third kappa shape index (κ3) is 4.11. The summed E-state index contributed by atoms with van der Waals surface area (Å²) in [5.41, 5.74) is 1.71. The van der Waals surface area contributed by atoms with E-state index in [1.807, 2.05) is 24.4 Å². The highest BCUT2D eigenvalue weighted by molar-refractivity contribution is 7.13. The van der Waals surface area contributed by atoms with Crippen molar-refractivity contribution in [2.24, 2.45) is 0 Å². The molecule has 1 unspecified atom stereocenters. The van der Waals surface area contributed by atoms with Crippen molar-refractivity contribution in [1.29, 1.82) is 0 Å². The molecule has 2 heterocycles. The summed E-state index contributed by atoms with van der Waals surface area (Å²) >= 11 is 1.50. The fourth-order valence-corrected chi connectivity index (χ4v) is 2.58. The molecule has 0 aliphatic rings. The van der Waals surface area contributed by atoms with Crippen molar-refractivity contribution in [3.63, 3.8) is 0 Å². The van der Waals surface area contributed by atoms with Gasteiger partial charge in [0, 0.05) is 36.0 Å². The zero-order valence-electron chi connectivity index (χ0n) is 11.2. The molecule has 2 aromatic heterocycles. The average molecular weight is 291 g/mol. The van der Waals surface area contributed by atoms with Crippen molar-refractivity contribution in [1.82, 2.24) is 15.3 Å². The van der Waals surface area contributed by atoms with E-state index >= 15 is 0 Å². The number of amides is 1. The van der Waals surface area contributed by atoms with Crippen LogP contribution >= 0.6 is 11.3 Å². The van der Waals surface area contributed by atoms with Crippen LogP contribution in [0.4, 0.5) is 0 Å². The van der Waals surface area contributed by atoms with Gasteiger partial charge in [0.1, 0.15) is 5.01 Å². The Balaban J connectivity index is 1.95. The van der Waals surface area contributed by atoms with Crippen LogP contribution in [0.25, 0.3) is 10.6 Å². The first-order valence-corrected chi connectivity index (χ1v) is 7.32. The standard InChI is InChI=1S/C14H17N3O2S/c1-10(4-6-18)16-13(19)7-12-9-20-14(17-12)11-3-2-5-15-8-11/h2-3,5,8-10,18H,4,6-7H2,1H3,(H,16,19). The van der Waals surface area contributed by atoms with E-state index in [-0.39, 0.29) is 25.0 Å². The lowest BCUT2D eigenvalue weighted by Crippen LogP contribution is -2.34. The molecular formula is C14H17N3O2S. The van der Waals surface area contributed by atoms with E-state index in [2.05, 4.69) is 15.3 Å². The summed E-state index contributed by atoms with van der Waals surface area (Å²) in [6.07, 6.45) is 4.29. The third-order valence-electron chi connectivity index (χ3n) is 2.77. The molecule has 6 heteroatoms. The summed E-state index contributed by atoms with van der Waals surface area (Å²) in [6.45, 7) is 1.94. The Hall–Kier alpha value is -1.79. The third-order valence-corrected chi connectivity index (χ3v) is 3.71. The Bertz CT molecular complexity index is 557. The summed E-state index contributed by atoms with van der Waals surface area (Å²) in [6, 6.07) is 3.78. The van der Waals surface area contributed by atoms with Gasteiger partial charge in [-0.1, -0.05) is 0 Å². The van der Waals surface area contributed by atoms with E-state index in [1.54, 1.807) is 12.4 Å². The summed E-state index contributed by atoms with van der Waals surface area (Å²) in [5, 5.41) is 14.4. The maximum atomic E-state index is 11.8. The van der Waals surface area contributed by atoms with E-state index in [0.29, 0.717) is 6.42 Å². The fourth-order valence-electron chi connectivity index (χ4n) is 1.77. The lowest BCUT2D eigenvalue weighted by Gasteiger charge is -2.11. The number of nitrogens with zero attached hydrogens (tertiary/aromatic N) is 2. The number of carbonyl (C=O) groups is 1. The molecule has 0 spiro atoms. The van der Waals surface area contributed by atoms with Crippen LogP contribution in [0, 0.1) is 0 Å². The van der Waals surface area contributed by atoms with Gasteiger partial charge in [0.15, 0.2) is 0 Å². The van der Waals surface area contributed by atoms with E-state index in [9.17, 15) is 4.79 Å². The lowest BCUT2D eigenvalue weighted by molar-refractivity contribution is -0.121. The van der Waals surface area contributed by atoms with Crippen molar-refractivity contribution < 1.29 is 9.90 Å². The van der Waals surface area contributed by atoms with Gasteiger partial charge >= 0.3 is 0 Å². The largest absolute Gasteiger partial charge is 0.396 e. The molecule has 0 saturated carbocycles. The minimum Gasteiger partial charge on any atom is -0.396 e. The second-order valence-electron chi connectivity index (χ2n) is 4.54. The van der Waals surface area contributed by atoms with Gasteiger partial charge in [-0.15, -0.1) is 11.3 Å². The summed E-state index contributed by atoms with van der Waals surface area (Å²) in [4.78, 5) is 20.3. The molecular weight excluding hydrogens is 274 g/mol. The molecule has 20 heavy (non-hydrogen) atoms. The lowest BCUT2D eigenvalue weighted by atomic mass is 10.2. The summed E-state index contributed by atoms with van der Waals surface area (Å²) in [7, 11) is 0. The average Bonchev–Trinajstić information content (AvgIpc) is 2.88. The van der Waals surface area contributed by atoms with Gasteiger partial charge in [0.2, 0.25) is 5.91 Å². The Morgan fingerprint density at radius 3 is 3.10 bits per heavy atom. The zero-order valence-corrected chi connectivity index (χ0v) is 12.1. The highest BCUT2D eigenvalue weighted by Crippen LogP contribution is 2.22. The van der Waals surface area contributed by atoms with E-state index in [0.717, 1.165) is 16.3 Å². The van der Waals surface area contributed by atoms with Crippen molar-refractivity contribution in [3.8, 4) is 10.6 Å². The zero-order chi connectivity index (χ0) is 14.4. The number of aliphatic hydroxyl groups is 1. The minimum absolute atomic E-state index is 0.0241. The number of aliphatic hydroxyl groups excluding tert-OH is 1. The Labute approximate surface area is 121 Å². The van der Waals surface area contributed by atoms with Gasteiger partial charge < -0.3 is 10.4 Å². The van der Waals surface area contributed by atoms with Crippen molar-refractivity contribution >= 4 is 17.2 Å². The first kappa shape index (κ1) is 14.6. The number of thiazole rings is 1. The Morgan fingerprint density at radius 2 is 2.40 bits per heavy atom. The van der Waals surface area contributed by atoms with Crippen molar-refractivity contribution in [3.05, 3.63) is 35.6 Å². The molecule has 0 bridgehead atoms. The Morgan fingerprint density at radius 1 is 1.55 bits per heavy atom. The first-order valence-electron chi connectivity index (χ1n) is 6.44. The van der Waals surface area contributed by atoms with E-state index < -0.39 is 0 Å². The van der Waals surface area contributed by atoms with Crippen molar-refractivity contribution in [2.45, 2.75) is 25.8 Å². The molecule has 2 N–H and O–H groups in total. The van der Waals surface area contributed by atoms with Gasteiger partial charge in [-0.2, -0.15) is 0 Å². The number of aromatic nitrogens is 2. The van der Waals surface area contributed by atoms with E-state index in [1.165, 1.54) is 11.3 Å². The normalized spacial score (nSPS) is 12.1. The number of carbonyl (C=O) groups excluding carboxylic acids is 1. The van der Waals surface area contributed by atoms with Gasteiger partial charge in [0.05, 0.1) is 12.1 Å². The highest BCUT2D eigenvalue weighted by atomic mass is 32.1. The SMILES string of the molecule is CC(CCO)NC(=O)Cc1csc(-c2cccnc2)n1. The van der Waals surface area contributed by atoms with Crippen LogP contribution in [0.1, 0.15) is 19.0 Å². The second kappa shape index (κ2) is 7.12. The number of hydrogen-bond acceptors (Lipinski definition) is 5. The molecule has 0 radical (unpaired) electrons. The van der Waals surface area contributed by atoms with Crippen LogP contribution in [-0.2, 0) is 11.2 Å². The highest BCUT2D eigenvalue weighted by Gasteiger charge is 2.11. The quantitative estimate of drug-likeness (QED) is 0.848. The van der Waals surface area contributed by atoms with Crippen LogP contribution in [0.15, 0.2) is 29.9 Å². The molecule has 106 valence electrons. The molecule has 2 aromatic rings. The van der Waals surface area contributed by atoms with Crippen LogP contribution in [0.5, 0.6) is 0 Å². The number of nitrogens with one attached hydrogen (secondary N) is 1. The molecule has 2 rings (SSSR count). The van der Waals surface area contributed by atoms with Crippen LogP contribution in [-0.4, -0.2) is 33.6 Å². The molecule has 0 aliphatic heterocycles. The van der Waals surface area contributed by atoms with Gasteiger partial charge in [-0.25, -0.2) is 4.98 Å². The molecule has 5 nitrogen and oxygen atoms in total. The maximum Gasteiger partial charge on any atom is 0.226 e. The summed E-state index contributed by atoms with van der Waals surface area (Å²) in [5.74, 6) is -0.0750. The fraction of sp³-hybridized carbons (Fsp3) is 0.357. The Kier molecular flexibility index (Phi) is 5.20. The smallest absolute Gasteiger partial charge is 0.226 e. The first-order chi connectivity index (χ1) is 9.69. The summed E-state index contributed by atoms with van der Waals surface area (Å²) < 4.78 is 0. The number of hydrogen-bond donors (Lipinski definition) is 2. The van der Waals surface area contributed by atoms with Crippen LogP contribution < -0.4 is 5.32 Å². The maximum absolute atomic E-state index is 11.8. The topological polar surface area (TPSA) is 75.1 Å². The molecule has 0 aliphatic carbocycles. The molecule has 0 aromatic carbocycles. The second-order valence-corrected chi connectivity index (χ2v) is 5.40. The van der Waals surface area contributed by atoms with Gasteiger partial charge in [0.25, 0.3) is 0 Å².